The zero-order valence-corrected chi connectivity index (χ0v) is 17.9. The van der Waals surface area contributed by atoms with Gasteiger partial charge in [-0.2, -0.15) is 0 Å². The maximum absolute atomic E-state index is 12.7. The summed E-state index contributed by atoms with van der Waals surface area (Å²) >= 11 is 0. The van der Waals surface area contributed by atoms with Crippen molar-refractivity contribution in [1.82, 2.24) is 10.6 Å². The molecule has 0 aromatic heterocycles. The first-order chi connectivity index (χ1) is 14.3. The maximum atomic E-state index is 12.7. The molecular weight excluding hydrogens is 384 g/mol. The zero-order chi connectivity index (χ0) is 22.1. The van der Waals surface area contributed by atoms with Crippen LogP contribution in [0.25, 0.3) is 10.8 Å². The van der Waals surface area contributed by atoms with Crippen molar-refractivity contribution < 1.29 is 23.9 Å². The minimum absolute atomic E-state index is 0.144. The Kier molecular flexibility index (Phi) is 8.80. The number of carbonyl (C=O) groups excluding carboxylic acids is 3. The number of amides is 2. The summed E-state index contributed by atoms with van der Waals surface area (Å²) in [6.07, 6.45) is -0.823. The van der Waals surface area contributed by atoms with Crippen LogP contribution in [-0.2, 0) is 30.3 Å². The number of methoxy groups -OCH3 is 1. The lowest BCUT2D eigenvalue weighted by molar-refractivity contribution is -0.158. The molecule has 0 radical (unpaired) electrons. The van der Waals surface area contributed by atoms with Crippen molar-refractivity contribution in [3.63, 3.8) is 0 Å². The lowest BCUT2D eigenvalue weighted by Crippen LogP contribution is -2.48. The number of ether oxygens (including phenoxy) is 2. The third-order valence-corrected chi connectivity index (χ3v) is 4.74. The van der Waals surface area contributed by atoms with Gasteiger partial charge in [0.15, 0.2) is 6.10 Å². The SMILES string of the molecule is COCCNC(=O)[C@H](C)OC(=O)[C@@H](NC(=O)Cc1cccc2ccccc12)C(C)C. The Balaban J connectivity index is 1.99. The van der Waals surface area contributed by atoms with Crippen LogP contribution in [0.4, 0.5) is 0 Å². The molecule has 0 aliphatic carbocycles. The van der Waals surface area contributed by atoms with Crippen molar-refractivity contribution in [2.45, 2.75) is 39.3 Å². The second-order valence-electron chi connectivity index (χ2n) is 7.47. The first-order valence-electron chi connectivity index (χ1n) is 10.1. The average Bonchev–Trinajstić information content (AvgIpc) is 2.72. The number of fused-ring (bicyclic) bond motifs is 1. The lowest BCUT2D eigenvalue weighted by Gasteiger charge is -2.23. The topological polar surface area (TPSA) is 93.7 Å². The molecule has 30 heavy (non-hydrogen) atoms. The van der Waals surface area contributed by atoms with Crippen LogP contribution in [0.2, 0.25) is 0 Å². The molecule has 0 spiro atoms. The third kappa shape index (κ3) is 6.56. The summed E-state index contributed by atoms with van der Waals surface area (Å²) in [6, 6.07) is 12.8. The summed E-state index contributed by atoms with van der Waals surface area (Å²) in [5.41, 5.74) is 0.882. The number of hydrogen-bond donors (Lipinski definition) is 2. The highest BCUT2D eigenvalue weighted by Crippen LogP contribution is 2.19. The van der Waals surface area contributed by atoms with Gasteiger partial charge in [0.1, 0.15) is 6.04 Å². The fourth-order valence-corrected chi connectivity index (χ4v) is 3.06. The van der Waals surface area contributed by atoms with Gasteiger partial charge in [0.05, 0.1) is 13.0 Å². The fourth-order valence-electron chi connectivity index (χ4n) is 3.06. The summed E-state index contributed by atoms with van der Waals surface area (Å²) in [6.45, 7) is 5.81. The van der Waals surface area contributed by atoms with E-state index in [2.05, 4.69) is 10.6 Å². The highest BCUT2D eigenvalue weighted by molar-refractivity contribution is 5.92. The molecule has 2 rings (SSSR count). The molecule has 0 saturated carbocycles. The summed E-state index contributed by atoms with van der Waals surface area (Å²) in [4.78, 5) is 37.2. The Labute approximate surface area is 177 Å². The number of carbonyl (C=O) groups is 3. The van der Waals surface area contributed by atoms with Gasteiger partial charge in [0, 0.05) is 13.7 Å². The van der Waals surface area contributed by atoms with Gasteiger partial charge in [-0.05, 0) is 29.2 Å². The molecule has 2 aromatic rings. The van der Waals surface area contributed by atoms with Gasteiger partial charge in [-0.15, -0.1) is 0 Å². The van der Waals surface area contributed by atoms with Crippen molar-refractivity contribution in [3.8, 4) is 0 Å². The molecule has 0 bridgehead atoms. The Hall–Kier alpha value is -2.93. The standard InChI is InChI=1S/C23H30N2O5/c1-15(2)21(23(28)30-16(3)22(27)24-12-13-29-4)25-20(26)14-18-10-7-9-17-8-5-6-11-19(17)18/h5-11,15-16,21H,12-14H2,1-4H3,(H,24,27)(H,25,26)/t16-,21-/m0/s1. The van der Waals surface area contributed by atoms with E-state index in [0.717, 1.165) is 16.3 Å². The summed E-state index contributed by atoms with van der Waals surface area (Å²) in [5, 5.41) is 7.43. The van der Waals surface area contributed by atoms with Crippen molar-refractivity contribution in [2.24, 2.45) is 5.92 Å². The molecule has 0 heterocycles. The van der Waals surface area contributed by atoms with Gasteiger partial charge >= 0.3 is 5.97 Å². The Morgan fingerprint density at radius 2 is 1.70 bits per heavy atom. The van der Waals surface area contributed by atoms with Gasteiger partial charge in [0.2, 0.25) is 5.91 Å². The van der Waals surface area contributed by atoms with Crippen LogP contribution in [0.15, 0.2) is 42.5 Å². The predicted molar refractivity (Wildman–Crippen MR) is 115 cm³/mol. The molecule has 162 valence electrons. The largest absolute Gasteiger partial charge is 0.451 e. The number of nitrogens with one attached hydrogen (secondary N) is 2. The molecule has 2 amide bonds. The average molecular weight is 415 g/mol. The molecule has 0 aliphatic rings. The number of rotatable bonds is 10. The van der Waals surface area contributed by atoms with Crippen LogP contribution < -0.4 is 10.6 Å². The van der Waals surface area contributed by atoms with Gasteiger partial charge in [-0.25, -0.2) is 4.79 Å². The Bertz CT molecular complexity index is 876. The van der Waals surface area contributed by atoms with E-state index in [0.29, 0.717) is 13.2 Å². The lowest BCUT2D eigenvalue weighted by atomic mass is 10.0. The Morgan fingerprint density at radius 1 is 1.00 bits per heavy atom. The van der Waals surface area contributed by atoms with E-state index in [-0.39, 0.29) is 18.2 Å². The quantitative estimate of drug-likeness (QED) is 0.459. The highest BCUT2D eigenvalue weighted by Gasteiger charge is 2.29. The minimum atomic E-state index is -0.967. The molecule has 0 fully saturated rings. The predicted octanol–water partition coefficient (Wildman–Crippen LogP) is 2.22. The first kappa shape index (κ1) is 23.3. The minimum Gasteiger partial charge on any atom is -0.451 e. The van der Waals surface area contributed by atoms with E-state index >= 15 is 0 Å². The summed E-state index contributed by atoms with van der Waals surface area (Å²) in [5.74, 6) is -1.52. The van der Waals surface area contributed by atoms with Crippen molar-refractivity contribution in [3.05, 3.63) is 48.0 Å². The van der Waals surface area contributed by atoms with Crippen LogP contribution in [0, 0.1) is 5.92 Å². The summed E-state index contributed by atoms with van der Waals surface area (Å²) in [7, 11) is 1.53. The van der Waals surface area contributed by atoms with Gasteiger partial charge in [0.25, 0.3) is 5.91 Å². The Morgan fingerprint density at radius 3 is 2.40 bits per heavy atom. The van der Waals surface area contributed by atoms with Crippen LogP contribution in [0.3, 0.4) is 0 Å². The van der Waals surface area contributed by atoms with E-state index in [9.17, 15) is 14.4 Å². The van der Waals surface area contributed by atoms with Crippen molar-refractivity contribution in [1.29, 1.82) is 0 Å². The molecule has 7 nitrogen and oxygen atoms in total. The van der Waals surface area contributed by atoms with Crippen molar-refractivity contribution >= 4 is 28.6 Å². The molecular formula is C23H30N2O5. The van der Waals surface area contributed by atoms with Gasteiger partial charge in [-0.1, -0.05) is 56.3 Å². The second kappa shape index (κ2) is 11.3. The summed E-state index contributed by atoms with van der Waals surface area (Å²) < 4.78 is 10.2. The van der Waals surface area contributed by atoms with E-state index in [1.54, 1.807) is 0 Å². The van der Waals surface area contributed by atoms with E-state index in [1.807, 2.05) is 56.3 Å². The molecule has 2 atom stereocenters. The monoisotopic (exact) mass is 414 g/mol. The first-order valence-corrected chi connectivity index (χ1v) is 10.1. The maximum Gasteiger partial charge on any atom is 0.329 e. The highest BCUT2D eigenvalue weighted by atomic mass is 16.5. The van der Waals surface area contributed by atoms with Gasteiger partial charge < -0.3 is 20.1 Å². The molecule has 2 aromatic carbocycles. The second-order valence-corrected chi connectivity index (χ2v) is 7.47. The molecule has 0 aliphatic heterocycles. The van der Waals surface area contributed by atoms with E-state index < -0.39 is 24.0 Å². The number of hydrogen-bond acceptors (Lipinski definition) is 5. The molecule has 0 unspecified atom stereocenters. The molecule has 0 saturated heterocycles. The van der Waals surface area contributed by atoms with Crippen LogP contribution in [-0.4, -0.2) is 50.2 Å². The van der Waals surface area contributed by atoms with Crippen LogP contribution in [0.1, 0.15) is 26.3 Å². The van der Waals surface area contributed by atoms with Crippen LogP contribution >= 0.6 is 0 Å². The normalized spacial score (nSPS) is 13.0. The van der Waals surface area contributed by atoms with E-state index in [4.69, 9.17) is 9.47 Å². The number of esters is 1. The van der Waals surface area contributed by atoms with Gasteiger partial charge in [-0.3, -0.25) is 9.59 Å². The molecule has 7 heteroatoms. The number of benzene rings is 2. The van der Waals surface area contributed by atoms with Crippen molar-refractivity contribution in [2.75, 3.05) is 20.3 Å². The fraction of sp³-hybridized carbons (Fsp3) is 0.435. The van der Waals surface area contributed by atoms with E-state index in [1.165, 1.54) is 14.0 Å². The van der Waals surface area contributed by atoms with Crippen LogP contribution in [0.5, 0.6) is 0 Å². The molecule has 2 N–H and O–H groups in total. The smallest absolute Gasteiger partial charge is 0.329 e. The zero-order valence-electron chi connectivity index (χ0n) is 17.9. The third-order valence-electron chi connectivity index (χ3n) is 4.74.